The monoisotopic (exact) mass is 424 g/mol. The fourth-order valence-corrected chi connectivity index (χ4v) is 3.56. The summed E-state index contributed by atoms with van der Waals surface area (Å²) < 4.78 is 1.71. The van der Waals surface area contributed by atoms with Crippen LogP contribution in [0.4, 0.5) is 11.4 Å². The molecular formula is C26H24N4O2. The van der Waals surface area contributed by atoms with Crippen molar-refractivity contribution in [2.45, 2.75) is 19.9 Å². The smallest absolute Gasteiger partial charge is 0.261 e. The highest BCUT2D eigenvalue weighted by Crippen LogP contribution is 2.17. The molecule has 1 amide bonds. The van der Waals surface area contributed by atoms with Gasteiger partial charge in [-0.05, 0) is 54.8 Å². The van der Waals surface area contributed by atoms with E-state index in [0.717, 1.165) is 12.0 Å². The number of nitrogens with one attached hydrogen (secondary N) is 1. The van der Waals surface area contributed by atoms with Crippen molar-refractivity contribution in [3.63, 3.8) is 0 Å². The lowest BCUT2D eigenvalue weighted by molar-refractivity contribution is -0.111. The highest BCUT2D eigenvalue weighted by Gasteiger charge is 2.09. The maximum atomic E-state index is 13.0. The van der Waals surface area contributed by atoms with E-state index in [2.05, 4.69) is 22.4 Å². The molecule has 1 heterocycles. The molecule has 32 heavy (non-hydrogen) atoms. The lowest BCUT2D eigenvalue weighted by atomic mass is 10.1. The molecule has 4 aromatic rings. The van der Waals surface area contributed by atoms with Crippen LogP contribution >= 0.6 is 0 Å². The van der Waals surface area contributed by atoms with Gasteiger partial charge in [0.05, 0.1) is 22.3 Å². The zero-order chi connectivity index (χ0) is 22.5. The van der Waals surface area contributed by atoms with Gasteiger partial charge in [0.2, 0.25) is 5.91 Å². The van der Waals surface area contributed by atoms with Crippen LogP contribution in [0, 0.1) is 6.92 Å². The van der Waals surface area contributed by atoms with Gasteiger partial charge in [-0.25, -0.2) is 4.98 Å². The first-order chi connectivity index (χ1) is 15.5. The standard InChI is InChI=1S/C26H24N4O2/c1-18-28-24-17-20(12-14-25(31)29-23-10-6-5-9-22(23)27)11-13-21(24)26(32)30(18)16-15-19-7-3-2-4-8-19/h2-14,17H,15-16,27H2,1H3,(H,29,31). The van der Waals surface area contributed by atoms with E-state index in [4.69, 9.17) is 5.73 Å². The van der Waals surface area contributed by atoms with Gasteiger partial charge in [-0.1, -0.05) is 48.5 Å². The van der Waals surface area contributed by atoms with Crippen molar-refractivity contribution < 1.29 is 4.79 Å². The molecule has 0 unspecified atom stereocenters. The van der Waals surface area contributed by atoms with Gasteiger partial charge in [0.25, 0.3) is 5.56 Å². The third-order valence-electron chi connectivity index (χ3n) is 5.28. The molecule has 0 atom stereocenters. The molecule has 0 aliphatic carbocycles. The Bertz CT molecular complexity index is 1360. The van der Waals surface area contributed by atoms with Crippen LogP contribution in [0.5, 0.6) is 0 Å². The van der Waals surface area contributed by atoms with Crippen molar-refractivity contribution in [2.24, 2.45) is 0 Å². The molecule has 0 saturated heterocycles. The quantitative estimate of drug-likeness (QED) is 0.359. The van der Waals surface area contributed by atoms with Crippen molar-refractivity contribution in [1.82, 2.24) is 9.55 Å². The van der Waals surface area contributed by atoms with Crippen LogP contribution < -0.4 is 16.6 Å². The van der Waals surface area contributed by atoms with Crippen molar-refractivity contribution in [2.75, 3.05) is 11.1 Å². The Morgan fingerprint density at radius 3 is 2.59 bits per heavy atom. The van der Waals surface area contributed by atoms with Gasteiger partial charge in [-0.3, -0.25) is 14.2 Å². The number of amides is 1. The van der Waals surface area contributed by atoms with Crippen LogP contribution in [0.3, 0.4) is 0 Å². The minimum absolute atomic E-state index is 0.0590. The summed E-state index contributed by atoms with van der Waals surface area (Å²) >= 11 is 0. The number of anilines is 2. The van der Waals surface area contributed by atoms with E-state index >= 15 is 0 Å². The Balaban J connectivity index is 1.53. The predicted octanol–water partition coefficient (Wildman–Crippen LogP) is 4.18. The molecule has 4 rings (SSSR count). The number of nitrogens with two attached hydrogens (primary N) is 1. The zero-order valence-electron chi connectivity index (χ0n) is 17.8. The summed E-state index contributed by atoms with van der Waals surface area (Å²) in [6.07, 6.45) is 3.88. The topological polar surface area (TPSA) is 90.0 Å². The van der Waals surface area contributed by atoms with E-state index in [0.29, 0.717) is 34.6 Å². The van der Waals surface area contributed by atoms with E-state index in [1.807, 2.05) is 37.3 Å². The second-order valence-corrected chi connectivity index (χ2v) is 7.54. The van der Waals surface area contributed by atoms with Crippen LogP contribution in [0.25, 0.3) is 17.0 Å². The van der Waals surface area contributed by atoms with E-state index in [-0.39, 0.29) is 11.5 Å². The third-order valence-corrected chi connectivity index (χ3v) is 5.28. The summed E-state index contributed by atoms with van der Waals surface area (Å²) in [6.45, 7) is 2.41. The molecule has 6 heteroatoms. The number of carbonyl (C=O) groups is 1. The normalized spacial score (nSPS) is 11.2. The van der Waals surface area contributed by atoms with Crippen molar-refractivity contribution >= 4 is 34.3 Å². The summed E-state index contributed by atoms with van der Waals surface area (Å²) in [5.74, 6) is 0.375. The largest absolute Gasteiger partial charge is 0.397 e. The lowest BCUT2D eigenvalue weighted by Crippen LogP contribution is -2.24. The molecule has 0 radical (unpaired) electrons. The van der Waals surface area contributed by atoms with Gasteiger partial charge in [0.15, 0.2) is 0 Å². The highest BCUT2D eigenvalue weighted by molar-refractivity contribution is 6.03. The predicted molar refractivity (Wildman–Crippen MR) is 129 cm³/mol. The lowest BCUT2D eigenvalue weighted by Gasteiger charge is -2.11. The summed E-state index contributed by atoms with van der Waals surface area (Å²) in [5, 5.41) is 3.31. The first-order valence-electron chi connectivity index (χ1n) is 10.4. The molecule has 1 aromatic heterocycles. The van der Waals surface area contributed by atoms with Gasteiger partial charge in [0.1, 0.15) is 5.82 Å². The van der Waals surface area contributed by atoms with Gasteiger partial charge < -0.3 is 11.1 Å². The summed E-state index contributed by atoms with van der Waals surface area (Å²) in [7, 11) is 0. The maximum absolute atomic E-state index is 13.0. The molecule has 0 spiro atoms. The van der Waals surface area contributed by atoms with E-state index < -0.39 is 0 Å². The molecule has 0 bridgehead atoms. The van der Waals surface area contributed by atoms with Crippen LogP contribution in [-0.2, 0) is 17.8 Å². The molecule has 0 aliphatic heterocycles. The molecule has 0 aliphatic rings. The third kappa shape index (κ3) is 4.75. The Kier molecular flexibility index (Phi) is 6.12. The van der Waals surface area contributed by atoms with Gasteiger partial charge in [0, 0.05) is 12.6 Å². The molecular weight excluding hydrogens is 400 g/mol. The number of aromatic nitrogens is 2. The van der Waals surface area contributed by atoms with Crippen LogP contribution in [0.15, 0.2) is 83.7 Å². The van der Waals surface area contributed by atoms with Gasteiger partial charge in [-0.15, -0.1) is 0 Å². The number of carbonyl (C=O) groups excluding carboxylic acids is 1. The molecule has 6 nitrogen and oxygen atoms in total. The van der Waals surface area contributed by atoms with Gasteiger partial charge >= 0.3 is 0 Å². The molecule has 0 saturated carbocycles. The highest BCUT2D eigenvalue weighted by atomic mass is 16.1. The maximum Gasteiger partial charge on any atom is 0.261 e. The average Bonchev–Trinajstić information content (AvgIpc) is 2.79. The number of hydrogen-bond donors (Lipinski definition) is 2. The fourth-order valence-electron chi connectivity index (χ4n) is 3.56. The van der Waals surface area contributed by atoms with E-state index in [1.165, 1.54) is 11.6 Å². The number of nitrogens with zero attached hydrogens (tertiary/aromatic N) is 2. The minimum Gasteiger partial charge on any atom is -0.397 e. The number of benzene rings is 3. The second kappa shape index (κ2) is 9.31. The zero-order valence-corrected chi connectivity index (χ0v) is 17.8. The van der Waals surface area contributed by atoms with Crippen LogP contribution in [0.2, 0.25) is 0 Å². The molecule has 3 N–H and O–H groups in total. The number of hydrogen-bond acceptors (Lipinski definition) is 4. The van der Waals surface area contributed by atoms with E-state index in [1.54, 1.807) is 41.0 Å². The Hall–Kier alpha value is -4.19. The Morgan fingerprint density at radius 1 is 1.06 bits per heavy atom. The first-order valence-corrected chi connectivity index (χ1v) is 10.4. The number of fused-ring (bicyclic) bond motifs is 1. The van der Waals surface area contributed by atoms with Gasteiger partial charge in [-0.2, -0.15) is 0 Å². The average molecular weight is 425 g/mol. The molecule has 3 aromatic carbocycles. The fraction of sp³-hybridized carbons (Fsp3) is 0.115. The van der Waals surface area contributed by atoms with Crippen molar-refractivity contribution in [1.29, 1.82) is 0 Å². The molecule has 160 valence electrons. The summed E-state index contributed by atoms with van der Waals surface area (Å²) in [6, 6.07) is 22.5. The van der Waals surface area contributed by atoms with Crippen molar-refractivity contribution in [3.05, 3.63) is 106 Å². The Labute approximate surface area is 186 Å². The SMILES string of the molecule is Cc1nc2cc(C=CC(=O)Nc3ccccc3N)ccc2c(=O)n1CCc1ccccc1. The minimum atomic E-state index is -0.288. The van der Waals surface area contributed by atoms with Crippen LogP contribution in [0.1, 0.15) is 17.0 Å². The second-order valence-electron chi connectivity index (χ2n) is 7.54. The molecule has 0 fully saturated rings. The first kappa shape index (κ1) is 21.1. The summed E-state index contributed by atoms with van der Waals surface area (Å²) in [5.41, 5.74) is 9.43. The number of nitrogen functional groups attached to an aromatic ring is 1. The summed E-state index contributed by atoms with van der Waals surface area (Å²) in [4.78, 5) is 29.9. The Morgan fingerprint density at radius 2 is 1.81 bits per heavy atom. The van der Waals surface area contributed by atoms with Crippen molar-refractivity contribution in [3.8, 4) is 0 Å². The number of para-hydroxylation sites is 2. The number of rotatable bonds is 6. The van der Waals surface area contributed by atoms with Crippen LogP contribution in [-0.4, -0.2) is 15.5 Å². The number of aryl methyl sites for hydroxylation is 2. The van der Waals surface area contributed by atoms with E-state index in [9.17, 15) is 9.59 Å².